The van der Waals surface area contributed by atoms with Crippen LogP contribution in [0.1, 0.15) is 22.7 Å². The molecule has 1 heterocycles. The van der Waals surface area contributed by atoms with Crippen LogP contribution in [0.5, 0.6) is 0 Å². The average molecular weight is 386 g/mol. The Labute approximate surface area is 164 Å². The first kappa shape index (κ1) is 19.4. The molecule has 2 aromatic rings. The summed E-state index contributed by atoms with van der Waals surface area (Å²) >= 11 is 5.88. The zero-order chi connectivity index (χ0) is 19.4. The van der Waals surface area contributed by atoms with E-state index in [9.17, 15) is 9.59 Å². The zero-order valence-electron chi connectivity index (χ0n) is 15.4. The highest BCUT2D eigenvalue weighted by atomic mass is 35.5. The fourth-order valence-electron chi connectivity index (χ4n) is 3.18. The minimum atomic E-state index is -0.665. The van der Waals surface area contributed by atoms with Crippen molar-refractivity contribution in [1.82, 2.24) is 9.80 Å². The van der Waals surface area contributed by atoms with Gasteiger partial charge in [-0.3, -0.25) is 9.59 Å². The number of aryl methyl sites for hydroxylation is 1. The fourth-order valence-corrected chi connectivity index (χ4v) is 3.30. The van der Waals surface area contributed by atoms with Crippen molar-refractivity contribution in [3.05, 3.63) is 70.2 Å². The summed E-state index contributed by atoms with van der Waals surface area (Å²) < 4.78 is 0. The standard InChI is InChI=1S/C21H24ClN3O2/c1-15-2-6-17(7-3-15)20(23)21(27)25-12-10-24(11-13-25)19(26)14-16-4-8-18(22)9-5-16/h2-9,20H,10-14,23H2,1H3. The molecule has 0 radical (unpaired) electrons. The molecule has 0 aliphatic carbocycles. The highest BCUT2D eigenvalue weighted by molar-refractivity contribution is 6.30. The van der Waals surface area contributed by atoms with Crippen molar-refractivity contribution in [2.75, 3.05) is 26.2 Å². The Bertz CT molecular complexity index is 797. The van der Waals surface area contributed by atoms with Gasteiger partial charge in [0.2, 0.25) is 11.8 Å². The molecule has 142 valence electrons. The summed E-state index contributed by atoms with van der Waals surface area (Å²) in [5.41, 5.74) is 9.02. The first-order chi connectivity index (χ1) is 12.9. The third-order valence-corrected chi connectivity index (χ3v) is 5.17. The van der Waals surface area contributed by atoms with Gasteiger partial charge < -0.3 is 15.5 Å². The van der Waals surface area contributed by atoms with Crippen LogP contribution in [-0.4, -0.2) is 47.8 Å². The molecule has 0 aromatic heterocycles. The van der Waals surface area contributed by atoms with Crippen molar-refractivity contribution < 1.29 is 9.59 Å². The van der Waals surface area contributed by atoms with E-state index in [-0.39, 0.29) is 11.8 Å². The maximum atomic E-state index is 12.7. The Morgan fingerprint density at radius 3 is 2.11 bits per heavy atom. The summed E-state index contributed by atoms with van der Waals surface area (Å²) in [4.78, 5) is 28.7. The van der Waals surface area contributed by atoms with Crippen molar-refractivity contribution in [1.29, 1.82) is 0 Å². The summed E-state index contributed by atoms with van der Waals surface area (Å²) in [6.07, 6.45) is 0.341. The van der Waals surface area contributed by atoms with E-state index >= 15 is 0 Å². The van der Waals surface area contributed by atoms with Crippen LogP contribution < -0.4 is 5.73 Å². The molecule has 2 N–H and O–H groups in total. The fraction of sp³-hybridized carbons (Fsp3) is 0.333. The molecular weight excluding hydrogens is 362 g/mol. The predicted molar refractivity (Wildman–Crippen MR) is 106 cm³/mol. The average Bonchev–Trinajstić information content (AvgIpc) is 2.69. The molecule has 1 aliphatic heterocycles. The van der Waals surface area contributed by atoms with Crippen LogP contribution in [0.4, 0.5) is 0 Å². The number of amides is 2. The Morgan fingerprint density at radius 1 is 0.963 bits per heavy atom. The monoisotopic (exact) mass is 385 g/mol. The molecule has 1 unspecified atom stereocenters. The number of nitrogens with two attached hydrogens (primary N) is 1. The van der Waals surface area contributed by atoms with Gasteiger partial charge in [0.25, 0.3) is 0 Å². The van der Waals surface area contributed by atoms with Gasteiger partial charge in [0.15, 0.2) is 0 Å². The number of halogens is 1. The van der Waals surface area contributed by atoms with Crippen LogP contribution in [0.2, 0.25) is 5.02 Å². The highest BCUT2D eigenvalue weighted by Crippen LogP contribution is 2.16. The van der Waals surface area contributed by atoms with E-state index in [1.54, 1.807) is 21.9 Å². The van der Waals surface area contributed by atoms with Crippen LogP contribution in [-0.2, 0) is 16.0 Å². The molecule has 0 saturated carbocycles. The second-order valence-corrected chi connectivity index (χ2v) is 7.33. The molecule has 0 bridgehead atoms. The van der Waals surface area contributed by atoms with Crippen molar-refractivity contribution in [2.24, 2.45) is 5.73 Å². The number of rotatable bonds is 4. The normalized spacial score (nSPS) is 15.5. The number of hydrogen-bond acceptors (Lipinski definition) is 3. The third kappa shape index (κ3) is 4.87. The minimum absolute atomic E-state index is 0.0623. The molecule has 2 aromatic carbocycles. The minimum Gasteiger partial charge on any atom is -0.339 e. The van der Waals surface area contributed by atoms with E-state index in [2.05, 4.69) is 0 Å². The molecule has 1 fully saturated rings. The number of carbonyl (C=O) groups excluding carboxylic acids is 2. The second-order valence-electron chi connectivity index (χ2n) is 6.90. The van der Waals surface area contributed by atoms with Gasteiger partial charge in [0.1, 0.15) is 6.04 Å². The van der Waals surface area contributed by atoms with Crippen LogP contribution in [0.15, 0.2) is 48.5 Å². The van der Waals surface area contributed by atoms with Crippen molar-refractivity contribution in [3.8, 4) is 0 Å². The van der Waals surface area contributed by atoms with E-state index in [0.29, 0.717) is 37.6 Å². The summed E-state index contributed by atoms with van der Waals surface area (Å²) in [6, 6.07) is 14.3. The maximum absolute atomic E-state index is 12.7. The first-order valence-corrected chi connectivity index (χ1v) is 9.45. The number of carbonyl (C=O) groups is 2. The molecule has 5 nitrogen and oxygen atoms in total. The second kappa shape index (κ2) is 8.55. The van der Waals surface area contributed by atoms with Crippen LogP contribution >= 0.6 is 11.6 Å². The summed E-state index contributed by atoms with van der Waals surface area (Å²) in [6.45, 7) is 4.06. The van der Waals surface area contributed by atoms with Gasteiger partial charge in [0, 0.05) is 31.2 Å². The Kier molecular flexibility index (Phi) is 6.14. The number of benzene rings is 2. The molecule has 1 saturated heterocycles. The summed E-state index contributed by atoms with van der Waals surface area (Å²) in [7, 11) is 0. The van der Waals surface area contributed by atoms with E-state index in [1.807, 2.05) is 43.3 Å². The van der Waals surface area contributed by atoms with Crippen molar-refractivity contribution >= 4 is 23.4 Å². The number of nitrogens with zero attached hydrogens (tertiary/aromatic N) is 2. The van der Waals surface area contributed by atoms with Gasteiger partial charge in [-0.2, -0.15) is 0 Å². The lowest BCUT2D eigenvalue weighted by Gasteiger charge is -2.36. The molecule has 0 spiro atoms. The Hall–Kier alpha value is -2.37. The molecule has 27 heavy (non-hydrogen) atoms. The summed E-state index contributed by atoms with van der Waals surface area (Å²) in [5.74, 6) is -0.0316. The van der Waals surface area contributed by atoms with Gasteiger partial charge in [-0.1, -0.05) is 53.6 Å². The lowest BCUT2D eigenvalue weighted by atomic mass is 10.0. The van der Waals surface area contributed by atoms with Gasteiger partial charge in [-0.15, -0.1) is 0 Å². The molecule has 2 amide bonds. The van der Waals surface area contributed by atoms with Crippen molar-refractivity contribution in [3.63, 3.8) is 0 Å². The highest BCUT2D eigenvalue weighted by Gasteiger charge is 2.27. The predicted octanol–water partition coefficient (Wildman–Crippen LogP) is 2.56. The molecule has 6 heteroatoms. The van der Waals surface area contributed by atoms with Gasteiger partial charge in [0.05, 0.1) is 6.42 Å². The van der Waals surface area contributed by atoms with E-state index in [4.69, 9.17) is 17.3 Å². The van der Waals surface area contributed by atoms with Crippen LogP contribution in [0.3, 0.4) is 0 Å². The van der Waals surface area contributed by atoms with Crippen LogP contribution in [0, 0.1) is 6.92 Å². The van der Waals surface area contributed by atoms with Gasteiger partial charge in [-0.05, 0) is 30.2 Å². The Morgan fingerprint density at radius 2 is 1.52 bits per heavy atom. The van der Waals surface area contributed by atoms with Crippen LogP contribution in [0.25, 0.3) is 0 Å². The van der Waals surface area contributed by atoms with E-state index in [0.717, 1.165) is 16.7 Å². The van der Waals surface area contributed by atoms with E-state index in [1.165, 1.54) is 0 Å². The smallest absolute Gasteiger partial charge is 0.244 e. The molecule has 1 atom stereocenters. The lowest BCUT2D eigenvalue weighted by Crippen LogP contribution is -2.52. The molecular formula is C21H24ClN3O2. The topological polar surface area (TPSA) is 66.6 Å². The summed E-state index contributed by atoms with van der Waals surface area (Å²) in [5, 5.41) is 0.656. The molecule has 1 aliphatic rings. The number of hydrogen-bond donors (Lipinski definition) is 1. The largest absolute Gasteiger partial charge is 0.339 e. The van der Waals surface area contributed by atoms with Gasteiger partial charge >= 0.3 is 0 Å². The van der Waals surface area contributed by atoms with Gasteiger partial charge in [-0.25, -0.2) is 0 Å². The first-order valence-electron chi connectivity index (χ1n) is 9.07. The third-order valence-electron chi connectivity index (χ3n) is 4.92. The van der Waals surface area contributed by atoms with E-state index < -0.39 is 6.04 Å². The lowest BCUT2D eigenvalue weighted by molar-refractivity contribution is -0.140. The number of piperazine rings is 1. The Balaban J connectivity index is 1.53. The maximum Gasteiger partial charge on any atom is 0.244 e. The van der Waals surface area contributed by atoms with Crippen molar-refractivity contribution in [2.45, 2.75) is 19.4 Å². The SMILES string of the molecule is Cc1ccc(C(N)C(=O)N2CCN(C(=O)Cc3ccc(Cl)cc3)CC2)cc1. The molecule has 3 rings (SSSR count). The zero-order valence-corrected chi connectivity index (χ0v) is 16.2. The quantitative estimate of drug-likeness (QED) is 0.879.